The Labute approximate surface area is 238 Å². The van der Waals surface area contributed by atoms with Gasteiger partial charge in [0, 0.05) is 6.92 Å². The molecule has 1 aliphatic heterocycles. The van der Waals surface area contributed by atoms with E-state index < -0.39 is 8.32 Å². The predicted octanol–water partition coefficient (Wildman–Crippen LogP) is 7.35. The van der Waals surface area contributed by atoms with E-state index in [4.69, 9.17) is 13.9 Å². The summed E-state index contributed by atoms with van der Waals surface area (Å²) >= 11 is 0. The van der Waals surface area contributed by atoms with Crippen molar-refractivity contribution < 1.29 is 18.7 Å². The van der Waals surface area contributed by atoms with Crippen LogP contribution >= 0.6 is 0 Å². The van der Waals surface area contributed by atoms with Crippen molar-refractivity contribution in [2.24, 2.45) is 0 Å². The Hall–Kier alpha value is -2.21. The summed E-state index contributed by atoms with van der Waals surface area (Å²) in [5.74, 6) is -0.267. The Kier molecular flexibility index (Phi) is 12.5. The lowest BCUT2D eigenvalue weighted by atomic mass is 10.0. The van der Waals surface area contributed by atoms with Crippen LogP contribution in [0.3, 0.4) is 0 Å². The minimum atomic E-state index is -2.65. The quantitative estimate of drug-likeness (QED) is 0.101. The van der Waals surface area contributed by atoms with Gasteiger partial charge < -0.3 is 13.9 Å². The number of hydrogen-bond acceptors (Lipinski definition) is 4. The lowest BCUT2D eigenvalue weighted by Crippen LogP contribution is -2.67. The normalized spacial score (nSPS) is 19.7. The summed E-state index contributed by atoms with van der Waals surface area (Å²) in [5.41, 5.74) is 0. The molecule has 1 heterocycles. The van der Waals surface area contributed by atoms with E-state index in [1.54, 1.807) is 0 Å². The Balaban J connectivity index is 1.72. The van der Waals surface area contributed by atoms with Gasteiger partial charge in [0.1, 0.15) is 6.10 Å². The molecule has 0 aromatic heterocycles. The van der Waals surface area contributed by atoms with E-state index >= 15 is 0 Å². The number of hydrogen-bond donors (Lipinski definition) is 0. The highest BCUT2D eigenvalue weighted by Crippen LogP contribution is 2.37. The Morgan fingerprint density at radius 3 is 1.87 bits per heavy atom. The lowest BCUT2D eigenvalue weighted by molar-refractivity contribution is -0.155. The number of benzene rings is 2. The average Bonchev–Trinajstić information content (AvgIpc) is 2.92. The van der Waals surface area contributed by atoms with E-state index in [-0.39, 0.29) is 29.3 Å². The van der Waals surface area contributed by atoms with Gasteiger partial charge in [-0.2, -0.15) is 0 Å². The SMILES string of the molecule is CCCCCCCCCC[C@@H]1O[C@H](CO[Si](c2ccccc2)(c2ccccc2)C(C)(C)C)C=C[C@H]1OC(C)=O. The fraction of sp³-hybridized carbons (Fsp3) is 0.559. The molecule has 0 aliphatic carbocycles. The van der Waals surface area contributed by atoms with Gasteiger partial charge in [0.05, 0.1) is 18.8 Å². The van der Waals surface area contributed by atoms with Crippen molar-refractivity contribution in [1.82, 2.24) is 0 Å². The zero-order valence-corrected chi connectivity index (χ0v) is 25.9. The topological polar surface area (TPSA) is 44.8 Å². The molecule has 0 N–H and O–H groups in total. The van der Waals surface area contributed by atoms with Crippen LogP contribution in [0.25, 0.3) is 0 Å². The van der Waals surface area contributed by atoms with Crippen LogP contribution in [0, 0.1) is 0 Å². The van der Waals surface area contributed by atoms with E-state index in [0.717, 1.165) is 12.8 Å². The number of esters is 1. The summed E-state index contributed by atoms with van der Waals surface area (Å²) in [4.78, 5) is 11.8. The first-order chi connectivity index (χ1) is 18.8. The van der Waals surface area contributed by atoms with E-state index in [1.165, 1.54) is 62.2 Å². The third-order valence-corrected chi connectivity index (χ3v) is 12.8. The zero-order valence-electron chi connectivity index (χ0n) is 24.9. The van der Waals surface area contributed by atoms with Gasteiger partial charge in [-0.05, 0) is 27.9 Å². The van der Waals surface area contributed by atoms with Gasteiger partial charge in [-0.25, -0.2) is 0 Å². The van der Waals surface area contributed by atoms with Crippen LogP contribution in [0.5, 0.6) is 0 Å². The largest absolute Gasteiger partial charge is 0.456 e. The lowest BCUT2D eigenvalue weighted by Gasteiger charge is -2.44. The van der Waals surface area contributed by atoms with E-state index in [1.807, 2.05) is 12.2 Å². The fourth-order valence-corrected chi connectivity index (χ4v) is 10.4. The summed E-state index contributed by atoms with van der Waals surface area (Å²) in [6.45, 7) is 11.1. The van der Waals surface area contributed by atoms with Gasteiger partial charge >= 0.3 is 5.97 Å². The monoisotopic (exact) mass is 550 g/mol. The average molecular weight is 551 g/mol. The van der Waals surface area contributed by atoms with E-state index in [9.17, 15) is 4.79 Å². The summed E-state index contributed by atoms with van der Waals surface area (Å²) in [6.07, 6.45) is 14.4. The molecule has 2 aromatic carbocycles. The maximum atomic E-state index is 11.8. The van der Waals surface area contributed by atoms with Crippen molar-refractivity contribution in [3.63, 3.8) is 0 Å². The maximum absolute atomic E-state index is 11.8. The van der Waals surface area contributed by atoms with Crippen molar-refractivity contribution in [2.75, 3.05) is 6.61 Å². The highest BCUT2D eigenvalue weighted by Gasteiger charge is 2.50. The molecular formula is C34H50O4Si. The van der Waals surface area contributed by atoms with E-state index in [0.29, 0.717) is 6.61 Å². The van der Waals surface area contributed by atoms with Gasteiger partial charge in [0.15, 0.2) is 0 Å². The number of unbranched alkanes of at least 4 members (excludes halogenated alkanes) is 7. The molecule has 1 aliphatic rings. The van der Waals surface area contributed by atoms with Crippen LogP contribution in [0.15, 0.2) is 72.8 Å². The molecule has 2 aromatic rings. The summed E-state index contributed by atoms with van der Waals surface area (Å²) < 4.78 is 19.3. The predicted molar refractivity (Wildman–Crippen MR) is 164 cm³/mol. The van der Waals surface area contributed by atoms with Gasteiger partial charge in [0.25, 0.3) is 8.32 Å². The molecule has 4 nitrogen and oxygen atoms in total. The number of rotatable bonds is 15. The van der Waals surface area contributed by atoms with Crippen LogP contribution in [0.2, 0.25) is 5.04 Å². The standard InChI is InChI=1S/C34H50O4Si/c1-6-7-8-9-10-11-12-19-24-32-33(37-28(2)35)26-25-29(38-32)27-36-39(34(3,4)5,30-20-15-13-16-21-30)31-22-17-14-18-23-31/h13-18,20-23,25-26,29,32-33H,6-12,19,24,27H2,1-5H3/t29-,32-,33+/m0/s1. The number of ether oxygens (including phenoxy) is 2. The molecule has 0 saturated heterocycles. The van der Waals surface area contributed by atoms with Crippen molar-refractivity contribution in [3.8, 4) is 0 Å². The van der Waals surface area contributed by atoms with Gasteiger partial charge in [0.2, 0.25) is 0 Å². The second kappa shape index (κ2) is 15.5. The Morgan fingerprint density at radius 2 is 1.36 bits per heavy atom. The second-order valence-corrected chi connectivity index (χ2v) is 16.2. The molecule has 0 amide bonds. The minimum absolute atomic E-state index is 0.0924. The third kappa shape index (κ3) is 8.89. The first kappa shape index (κ1) is 31.3. The molecule has 39 heavy (non-hydrogen) atoms. The smallest absolute Gasteiger partial charge is 0.303 e. The molecule has 3 atom stereocenters. The Bertz CT molecular complexity index is 959. The molecule has 0 radical (unpaired) electrons. The second-order valence-electron chi connectivity index (χ2n) is 11.9. The molecule has 3 rings (SSSR count). The zero-order chi connectivity index (χ0) is 28.1. The van der Waals surface area contributed by atoms with Crippen molar-refractivity contribution in [2.45, 2.75) is 116 Å². The van der Waals surface area contributed by atoms with Gasteiger partial charge in [-0.1, -0.05) is 146 Å². The Morgan fingerprint density at radius 1 is 0.821 bits per heavy atom. The molecule has 0 fully saturated rings. The highest BCUT2D eigenvalue weighted by atomic mass is 28.4. The first-order valence-corrected chi connectivity index (χ1v) is 16.9. The van der Waals surface area contributed by atoms with Crippen LogP contribution in [-0.2, 0) is 18.7 Å². The molecule has 0 unspecified atom stereocenters. The van der Waals surface area contributed by atoms with Crippen LogP contribution in [0.4, 0.5) is 0 Å². The summed E-state index contributed by atoms with van der Waals surface area (Å²) in [5, 5.41) is 2.43. The van der Waals surface area contributed by atoms with Crippen molar-refractivity contribution in [3.05, 3.63) is 72.8 Å². The molecular weight excluding hydrogens is 500 g/mol. The molecule has 0 spiro atoms. The minimum Gasteiger partial charge on any atom is -0.456 e. The summed E-state index contributed by atoms with van der Waals surface area (Å²) in [7, 11) is -2.65. The van der Waals surface area contributed by atoms with E-state index in [2.05, 4.69) is 88.4 Å². The number of carbonyl (C=O) groups is 1. The molecule has 0 bridgehead atoms. The van der Waals surface area contributed by atoms with Gasteiger partial charge in [-0.15, -0.1) is 0 Å². The highest BCUT2D eigenvalue weighted by molar-refractivity contribution is 6.99. The van der Waals surface area contributed by atoms with Gasteiger partial charge in [-0.3, -0.25) is 4.79 Å². The molecule has 5 heteroatoms. The molecule has 214 valence electrons. The first-order valence-electron chi connectivity index (χ1n) is 15.0. The van der Waals surface area contributed by atoms with Crippen molar-refractivity contribution >= 4 is 24.7 Å². The maximum Gasteiger partial charge on any atom is 0.303 e. The van der Waals surface area contributed by atoms with Crippen LogP contribution in [-0.4, -0.2) is 39.2 Å². The fourth-order valence-electron chi connectivity index (χ4n) is 5.79. The van der Waals surface area contributed by atoms with Crippen molar-refractivity contribution in [1.29, 1.82) is 0 Å². The third-order valence-electron chi connectivity index (χ3n) is 7.76. The molecule has 0 saturated carbocycles. The van der Waals surface area contributed by atoms with Crippen LogP contribution in [0.1, 0.15) is 92.4 Å². The number of carbonyl (C=O) groups excluding carboxylic acids is 1. The van der Waals surface area contributed by atoms with Crippen LogP contribution < -0.4 is 10.4 Å². The summed E-state index contributed by atoms with van der Waals surface area (Å²) in [6, 6.07) is 21.4.